The van der Waals surface area contributed by atoms with Crippen molar-refractivity contribution in [1.29, 1.82) is 0 Å². The number of H-pyrrole nitrogens is 1. The van der Waals surface area contributed by atoms with Gasteiger partial charge in [0.2, 0.25) is 0 Å². The minimum absolute atomic E-state index is 0.228. The lowest BCUT2D eigenvalue weighted by molar-refractivity contribution is 0.628. The van der Waals surface area contributed by atoms with E-state index in [1.807, 2.05) is 0 Å². The summed E-state index contributed by atoms with van der Waals surface area (Å²) in [6.07, 6.45) is 3.02. The van der Waals surface area contributed by atoms with Crippen molar-refractivity contribution in [2.24, 2.45) is 0 Å². The van der Waals surface area contributed by atoms with Gasteiger partial charge in [-0.05, 0) is 18.2 Å². The van der Waals surface area contributed by atoms with Crippen LogP contribution in [0.1, 0.15) is 0 Å². The molecule has 2 aromatic rings. The van der Waals surface area contributed by atoms with E-state index in [2.05, 4.69) is 4.98 Å². The zero-order valence-electron chi connectivity index (χ0n) is 7.20. The number of nitrogens with two attached hydrogens (primary N) is 1. The highest BCUT2D eigenvalue weighted by molar-refractivity contribution is 5.57. The zero-order chi connectivity index (χ0) is 10.1. The van der Waals surface area contributed by atoms with Gasteiger partial charge in [0.05, 0.1) is 11.4 Å². The van der Waals surface area contributed by atoms with Crippen LogP contribution in [0.3, 0.4) is 0 Å². The van der Waals surface area contributed by atoms with Gasteiger partial charge >= 0.3 is 5.69 Å². The smallest absolute Gasteiger partial charge is 0.330 e. The molecule has 2 rings (SSSR count). The molecular weight excluding hydrogens is 185 g/mol. The minimum Gasteiger partial charge on any atom is -0.397 e. The molecule has 3 N–H and O–H groups in total. The average molecular weight is 193 g/mol. The van der Waals surface area contributed by atoms with Crippen molar-refractivity contribution in [3.8, 4) is 5.69 Å². The fraction of sp³-hybridized carbons (Fsp3) is 0. The van der Waals surface area contributed by atoms with E-state index in [0.29, 0.717) is 5.69 Å². The van der Waals surface area contributed by atoms with E-state index in [9.17, 15) is 9.18 Å². The molecule has 0 aliphatic rings. The van der Waals surface area contributed by atoms with Crippen LogP contribution >= 0.6 is 0 Å². The lowest BCUT2D eigenvalue weighted by Gasteiger charge is -2.04. The number of aromatic nitrogens is 2. The highest BCUT2D eigenvalue weighted by atomic mass is 19.1. The number of nitrogens with one attached hydrogen (secondary N) is 1. The second-order valence-corrected chi connectivity index (χ2v) is 2.84. The van der Waals surface area contributed by atoms with Gasteiger partial charge in [-0.3, -0.25) is 4.57 Å². The Bertz CT molecular complexity index is 515. The van der Waals surface area contributed by atoms with Crippen LogP contribution in [0.4, 0.5) is 10.1 Å². The first kappa shape index (κ1) is 8.55. The van der Waals surface area contributed by atoms with Crippen molar-refractivity contribution in [3.05, 3.63) is 46.9 Å². The van der Waals surface area contributed by atoms with Crippen LogP contribution in [0, 0.1) is 5.82 Å². The Morgan fingerprint density at radius 3 is 2.79 bits per heavy atom. The number of aromatic amines is 1. The quantitative estimate of drug-likeness (QED) is 0.660. The van der Waals surface area contributed by atoms with Gasteiger partial charge in [-0.2, -0.15) is 0 Å². The summed E-state index contributed by atoms with van der Waals surface area (Å²) >= 11 is 0. The van der Waals surface area contributed by atoms with Crippen molar-refractivity contribution >= 4 is 5.69 Å². The monoisotopic (exact) mass is 193 g/mol. The maximum Gasteiger partial charge on any atom is 0.330 e. The second-order valence-electron chi connectivity index (χ2n) is 2.84. The fourth-order valence-corrected chi connectivity index (χ4v) is 1.25. The Morgan fingerprint density at radius 2 is 2.21 bits per heavy atom. The number of nitrogens with zero attached hydrogens (tertiary/aromatic N) is 1. The topological polar surface area (TPSA) is 63.8 Å². The summed E-state index contributed by atoms with van der Waals surface area (Å²) in [4.78, 5) is 13.7. The summed E-state index contributed by atoms with van der Waals surface area (Å²) in [5, 5.41) is 0. The summed E-state index contributed by atoms with van der Waals surface area (Å²) in [5.74, 6) is -0.421. The molecule has 72 valence electrons. The summed E-state index contributed by atoms with van der Waals surface area (Å²) < 4.78 is 14.0. The van der Waals surface area contributed by atoms with E-state index in [-0.39, 0.29) is 11.4 Å². The first-order chi connectivity index (χ1) is 6.68. The molecule has 0 fully saturated rings. The molecule has 14 heavy (non-hydrogen) atoms. The predicted octanol–water partition coefficient (Wildman–Crippen LogP) is 0.887. The van der Waals surface area contributed by atoms with Gasteiger partial charge in [0, 0.05) is 12.4 Å². The number of imidazole rings is 1. The molecule has 0 aliphatic carbocycles. The van der Waals surface area contributed by atoms with Gasteiger partial charge in [0.15, 0.2) is 0 Å². The number of benzene rings is 1. The lowest BCUT2D eigenvalue weighted by atomic mass is 10.2. The maximum atomic E-state index is 12.7. The lowest BCUT2D eigenvalue weighted by Crippen LogP contribution is -2.15. The van der Waals surface area contributed by atoms with Crippen LogP contribution in [0.5, 0.6) is 0 Å². The van der Waals surface area contributed by atoms with Crippen LogP contribution in [0.25, 0.3) is 5.69 Å². The van der Waals surface area contributed by atoms with Crippen molar-refractivity contribution < 1.29 is 4.39 Å². The average Bonchev–Trinajstić information content (AvgIpc) is 2.52. The molecule has 1 heterocycles. The minimum atomic E-state index is -0.421. The molecule has 0 radical (unpaired) electrons. The van der Waals surface area contributed by atoms with E-state index in [1.165, 1.54) is 35.2 Å². The molecule has 0 aliphatic heterocycles. The Balaban J connectivity index is 2.63. The Kier molecular flexibility index (Phi) is 1.85. The number of hydrogen-bond donors (Lipinski definition) is 2. The number of rotatable bonds is 1. The van der Waals surface area contributed by atoms with Crippen molar-refractivity contribution in [1.82, 2.24) is 9.55 Å². The first-order valence-corrected chi connectivity index (χ1v) is 4.00. The zero-order valence-corrected chi connectivity index (χ0v) is 7.20. The van der Waals surface area contributed by atoms with Gasteiger partial charge in [-0.1, -0.05) is 0 Å². The molecule has 5 heteroatoms. The van der Waals surface area contributed by atoms with Gasteiger partial charge in [0.1, 0.15) is 5.82 Å². The highest BCUT2D eigenvalue weighted by Crippen LogP contribution is 2.16. The molecule has 0 amide bonds. The van der Waals surface area contributed by atoms with Crippen molar-refractivity contribution in [2.75, 3.05) is 5.73 Å². The molecule has 1 aromatic heterocycles. The fourth-order valence-electron chi connectivity index (χ4n) is 1.25. The first-order valence-electron chi connectivity index (χ1n) is 4.00. The summed E-state index contributed by atoms with van der Waals surface area (Å²) in [6, 6.07) is 3.89. The molecule has 0 atom stereocenters. The van der Waals surface area contributed by atoms with E-state index < -0.39 is 5.82 Å². The van der Waals surface area contributed by atoms with Gasteiger partial charge < -0.3 is 10.7 Å². The van der Waals surface area contributed by atoms with Gasteiger partial charge in [-0.25, -0.2) is 9.18 Å². The Hall–Kier alpha value is -2.04. The van der Waals surface area contributed by atoms with E-state index in [4.69, 9.17) is 5.73 Å². The standard InChI is InChI=1S/C9H8FN3O/c10-6-1-2-8(7(11)5-6)13-4-3-12-9(13)14/h1-5H,11H2,(H,12,14). The van der Waals surface area contributed by atoms with E-state index in [1.54, 1.807) is 0 Å². The van der Waals surface area contributed by atoms with E-state index in [0.717, 1.165) is 0 Å². The van der Waals surface area contributed by atoms with Crippen LogP contribution in [-0.2, 0) is 0 Å². The highest BCUT2D eigenvalue weighted by Gasteiger charge is 2.04. The number of halogens is 1. The summed E-state index contributed by atoms with van der Waals surface area (Å²) in [5.41, 5.74) is 5.96. The van der Waals surface area contributed by atoms with Crippen LogP contribution in [0.15, 0.2) is 35.4 Å². The number of hydrogen-bond acceptors (Lipinski definition) is 2. The third-order valence-corrected chi connectivity index (χ3v) is 1.90. The van der Waals surface area contributed by atoms with Crippen LogP contribution < -0.4 is 11.4 Å². The van der Waals surface area contributed by atoms with Crippen molar-refractivity contribution in [2.45, 2.75) is 0 Å². The molecular formula is C9H8FN3O. The molecule has 0 saturated heterocycles. The Morgan fingerprint density at radius 1 is 1.43 bits per heavy atom. The molecule has 1 aromatic carbocycles. The summed E-state index contributed by atoms with van der Waals surface area (Å²) in [7, 11) is 0. The van der Waals surface area contributed by atoms with Gasteiger partial charge in [0.25, 0.3) is 0 Å². The Labute approximate surface area is 78.8 Å². The maximum absolute atomic E-state index is 12.7. The molecule has 4 nitrogen and oxygen atoms in total. The van der Waals surface area contributed by atoms with Crippen LogP contribution in [-0.4, -0.2) is 9.55 Å². The third kappa shape index (κ3) is 1.28. The molecule has 0 bridgehead atoms. The molecule has 0 unspecified atom stereocenters. The largest absolute Gasteiger partial charge is 0.397 e. The third-order valence-electron chi connectivity index (χ3n) is 1.90. The molecule has 0 saturated carbocycles. The number of nitrogen functional groups attached to an aromatic ring is 1. The molecule has 0 spiro atoms. The van der Waals surface area contributed by atoms with Crippen molar-refractivity contribution in [3.63, 3.8) is 0 Å². The van der Waals surface area contributed by atoms with E-state index >= 15 is 0 Å². The second kappa shape index (κ2) is 3.02. The normalized spacial score (nSPS) is 10.4. The predicted molar refractivity (Wildman–Crippen MR) is 50.8 cm³/mol. The summed E-state index contributed by atoms with van der Waals surface area (Å²) in [6.45, 7) is 0. The number of anilines is 1. The van der Waals surface area contributed by atoms with Gasteiger partial charge in [-0.15, -0.1) is 0 Å². The van der Waals surface area contributed by atoms with Crippen LogP contribution in [0.2, 0.25) is 0 Å². The SMILES string of the molecule is Nc1cc(F)ccc1-n1cc[nH]c1=O.